The normalized spacial score (nSPS) is 11.3. The van der Waals surface area contributed by atoms with Crippen LogP contribution in [0.15, 0.2) is 47.6 Å². The number of halogens is 2. The molecule has 0 bridgehead atoms. The van der Waals surface area contributed by atoms with E-state index in [2.05, 4.69) is 20.5 Å². The molecule has 4 rings (SSSR count). The summed E-state index contributed by atoms with van der Waals surface area (Å²) in [5.41, 5.74) is 2.23. The highest BCUT2D eigenvalue weighted by Crippen LogP contribution is 2.27. The number of nitrogens with zero attached hydrogens (tertiary/aromatic N) is 6. The molecule has 2 heterocycles. The van der Waals surface area contributed by atoms with E-state index in [1.165, 1.54) is 17.8 Å². The first-order valence-corrected chi connectivity index (χ1v) is 9.22. The molecule has 0 N–H and O–H groups in total. The highest BCUT2D eigenvalue weighted by Gasteiger charge is 2.14. The van der Waals surface area contributed by atoms with Crippen LogP contribution in [-0.4, -0.2) is 29.8 Å². The molecular formula is C17H14ClFN6S. The summed E-state index contributed by atoms with van der Waals surface area (Å²) in [6.07, 6.45) is 0. The molecule has 2 aromatic carbocycles. The molecule has 0 fully saturated rings. The number of fused-ring (bicyclic) bond motifs is 1. The van der Waals surface area contributed by atoms with Gasteiger partial charge in [0.05, 0.1) is 5.52 Å². The Kier molecular flexibility index (Phi) is 4.60. The average Bonchev–Trinajstić information content (AvgIpc) is 3.20. The fraction of sp³-hybridized carbons (Fsp3) is 0.176. The Morgan fingerprint density at radius 2 is 1.92 bits per heavy atom. The predicted octanol–water partition coefficient (Wildman–Crippen LogP) is 3.69. The molecule has 0 amide bonds. The third-order valence-corrected chi connectivity index (χ3v) is 5.44. The fourth-order valence-corrected chi connectivity index (χ4v) is 3.86. The molecule has 0 aliphatic heterocycles. The summed E-state index contributed by atoms with van der Waals surface area (Å²) < 4.78 is 17.6. The van der Waals surface area contributed by atoms with E-state index in [0.29, 0.717) is 28.0 Å². The smallest absolute Gasteiger partial charge is 0.191 e. The first kappa shape index (κ1) is 17.0. The maximum Gasteiger partial charge on any atom is 0.191 e. The van der Waals surface area contributed by atoms with Crippen LogP contribution in [0.5, 0.6) is 0 Å². The Morgan fingerprint density at radius 1 is 1.08 bits per heavy atom. The Morgan fingerprint density at radius 3 is 2.77 bits per heavy atom. The summed E-state index contributed by atoms with van der Waals surface area (Å²) in [5.74, 6) is 0.799. The number of benzene rings is 2. The topological polar surface area (TPSA) is 61.4 Å². The van der Waals surface area contributed by atoms with Crippen molar-refractivity contribution in [2.45, 2.75) is 17.5 Å². The van der Waals surface area contributed by atoms with Gasteiger partial charge in [-0.2, -0.15) is 0 Å². The van der Waals surface area contributed by atoms with Crippen molar-refractivity contribution < 1.29 is 4.39 Å². The Balaban J connectivity index is 1.53. The molecule has 6 nitrogen and oxygen atoms in total. The molecule has 4 aromatic rings. The number of thioether (sulfide) groups is 1. The summed E-state index contributed by atoms with van der Waals surface area (Å²) in [6.45, 7) is 0.449. The highest BCUT2D eigenvalue weighted by atomic mass is 35.5. The third kappa shape index (κ3) is 3.17. The summed E-state index contributed by atoms with van der Waals surface area (Å²) in [4.78, 5) is 0. The van der Waals surface area contributed by atoms with Gasteiger partial charge in [-0.25, -0.2) is 9.07 Å². The van der Waals surface area contributed by atoms with Gasteiger partial charge in [0.1, 0.15) is 17.9 Å². The van der Waals surface area contributed by atoms with Gasteiger partial charge in [0, 0.05) is 23.4 Å². The van der Waals surface area contributed by atoms with Gasteiger partial charge in [-0.15, -0.1) is 15.3 Å². The third-order valence-electron chi connectivity index (χ3n) is 4.04. The Bertz CT molecular complexity index is 1060. The molecule has 0 aliphatic rings. The largest absolute Gasteiger partial charge is 0.308 e. The van der Waals surface area contributed by atoms with Crippen molar-refractivity contribution in [1.29, 1.82) is 0 Å². The minimum atomic E-state index is -0.318. The second-order valence-corrected chi connectivity index (χ2v) is 7.03. The molecule has 0 saturated heterocycles. The quantitative estimate of drug-likeness (QED) is 0.488. The van der Waals surface area contributed by atoms with Crippen molar-refractivity contribution in [3.8, 4) is 0 Å². The number of hydrogen-bond donors (Lipinski definition) is 0. The van der Waals surface area contributed by atoms with Crippen molar-refractivity contribution in [1.82, 2.24) is 29.8 Å². The van der Waals surface area contributed by atoms with Crippen LogP contribution in [0.4, 0.5) is 4.39 Å². The molecule has 26 heavy (non-hydrogen) atoms. The molecule has 0 aliphatic carbocycles. The lowest BCUT2D eigenvalue weighted by atomic mass is 10.2. The lowest BCUT2D eigenvalue weighted by molar-refractivity contribution is 0.612. The first-order valence-electron chi connectivity index (χ1n) is 7.85. The van der Waals surface area contributed by atoms with Gasteiger partial charge in [-0.3, -0.25) is 0 Å². The van der Waals surface area contributed by atoms with Gasteiger partial charge in [0.2, 0.25) is 0 Å². The number of para-hydroxylation sites is 1. The van der Waals surface area contributed by atoms with Crippen molar-refractivity contribution >= 4 is 34.4 Å². The van der Waals surface area contributed by atoms with Gasteiger partial charge >= 0.3 is 0 Å². The van der Waals surface area contributed by atoms with Crippen LogP contribution in [0.25, 0.3) is 11.0 Å². The van der Waals surface area contributed by atoms with Crippen molar-refractivity contribution in [3.05, 3.63) is 64.7 Å². The van der Waals surface area contributed by atoms with Crippen LogP contribution < -0.4 is 0 Å². The number of aromatic nitrogens is 6. The van der Waals surface area contributed by atoms with E-state index in [0.717, 1.165) is 16.9 Å². The van der Waals surface area contributed by atoms with E-state index in [1.54, 1.807) is 16.8 Å². The van der Waals surface area contributed by atoms with Gasteiger partial charge in [-0.1, -0.05) is 46.8 Å². The lowest BCUT2D eigenvalue weighted by Crippen LogP contribution is -2.08. The van der Waals surface area contributed by atoms with Gasteiger partial charge in [0.25, 0.3) is 0 Å². The van der Waals surface area contributed by atoms with E-state index in [9.17, 15) is 4.39 Å². The maximum atomic E-state index is 13.9. The highest BCUT2D eigenvalue weighted by molar-refractivity contribution is 7.98. The van der Waals surface area contributed by atoms with E-state index >= 15 is 0 Å². The molecule has 0 radical (unpaired) electrons. The monoisotopic (exact) mass is 388 g/mol. The number of rotatable bonds is 5. The van der Waals surface area contributed by atoms with Crippen molar-refractivity contribution in [2.75, 3.05) is 0 Å². The maximum absolute atomic E-state index is 13.9. The molecule has 9 heteroatoms. The zero-order chi connectivity index (χ0) is 18.1. The van der Waals surface area contributed by atoms with Crippen LogP contribution in [-0.2, 0) is 19.3 Å². The van der Waals surface area contributed by atoms with Crippen LogP contribution in [0.3, 0.4) is 0 Å². The van der Waals surface area contributed by atoms with Crippen molar-refractivity contribution in [3.63, 3.8) is 0 Å². The zero-order valence-corrected chi connectivity index (χ0v) is 15.4. The second kappa shape index (κ2) is 7.05. The van der Waals surface area contributed by atoms with E-state index in [1.807, 2.05) is 35.9 Å². The van der Waals surface area contributed by atoms with E-state index in [4.69, 9.17) is 11.6 Å². The molecule has 132 valence electrons. The predicted molar refractivity (Wildman–Crippen MR) is 98.6 cm³/mol. The summed E-state index contributed by atoms with van der Waals surface area (Å²) in [6, 6.07) is 12.4. The summed E-state index contributed by atoms with van der Waals surface area (Å²) in [5, 5.41) is 17.8. The second-order valence-electron chi connectivity index (χ2n) is 5.68. The Hall–Kier alpha value is -2.45. The van der Waals surface area contributed by atoms with Crippen LogP contribution in [0, 0.1) is 5.82 Å². The van der Waals surface area contributed by atoms with Crippen LogP contribution >= 0.6 is 23.4 Å². The van der Waals surface area contributed by atoms with Gasteiger partial charge in [-0.05, 0) is 24.3 Å². The average molecular weight is 389 g/mol. The molecule has 0 unspecified atom stereocenters. The first-order chi connectivity index (χ1) is 12.6. The standard InChI is InChI=1S/C17H14ClFN6S/c1-24-16(9-25-15-8-3-2-7-14(15)20-23-25)21-22-17(24)26-10-11-12(18)5-4-6-13(11)19/h2-8H,9-10H2,1H3. The van der Waals surface area contributed by atoms with Crippen molar-refractivity contribution in [2.24, 2.45) is 7.05 Å². The minimum absolute atomic E-state index is 0.318. The SMILES string of the molecule is Cn1c(Cn2nnc3ccccc32)nnc1SCc1c(F)cccc1Cl. The lowest BCUT2D eigenvalue weighted by Gasteiger charge is -2.06. The van der Waals surface area contributed by atoms with E-state index < -0.39 is 0 Å². The zero-order valence-electron chi connectivity index (χ0n) is 13.8. The number of hydrogen-bond acceptors (Lipinski definition) is 5. The summed E-state index contributed by atoms with van der Waals surface area (Å²) in [7, 11) is 1.87. The van der Waals surface area contributed by atoms with E-state index in [-0.39, 0.29) is 5.82 Å². The van der Waals surface area contributed by atoms with Gasteiger partial charge in [0.15, 0.2) is 11.0 Å². The molecule has 2 aromatic heterocycles. The summed E-state index contributed by atoms with van der Waals surface area (Å²) >= 11 is 7.46. The minimum Gasteiger partial charge on any atom is -0.308 e. The molecule has 0 saturated carbocycles. The molecule has 0 atom stereocenters. The molecule has 0 spiro atoms. The fourth-order valence-electron chi connectivity index (χ4n) is 2.58. The Labute approximate surface area is 158 Å². The van der Waals surface area contributed by atoms with Gasteiger partial charge < -0.3 is 4.57 Å². The van der Waals surface area contributed by atoms with Crippen LogP contribution in [0.2, 0.25) is 5.02 Å². The van der Waals surface area contributed by atoms with Crippen LogP contribution in [0.1, 0.15) is 11.4 Å². The molecular weight excluding hydrogens is 375 g/mol.